The molecule has 2 aromatic heterocycles. The number of hydrogen-bond donors (Lipinski definition) is 2. The molecule has 214 valence electrons. The van der Waals surface area contributed by atoms with Gasteiger partial charge in [-0.2, -0.15) is 4.98 Å². The molecule has 0 spiro atoms. The Balaban J connectivity index is 1.68. The normalized spacial score (nSPS) is 25.5. The maximum absolute atomic E-state index is 13.1. The quantitative estimate of drug-likeness (QED) is 0.408. The number of nitrogens with one attached hydrogen (secondary N) is 2. The Bertz CT molecular complexity index is 1150. The molecule has 0 aliphatic carbocycles. The fraction of sp³-hybridized carbons (Fsp3) is 0.808. The van der Waals surface area contributed by atoms with Gasteiger partial charge in [-0.3, -0.25) is 14.3 Å². The van der Waals surface area contributed by atoms with Gasteiger partial charge in [-0.05, 0) is 28.1 Å². The van der Waals surface area contributed by atoms with Crippen molar-refractivity contribution < 1.29 is 17.7 Å². The highest BCUT2D eigenvalue weighted by atomic mass is 28.5. The van der Waals surface area contributed by atoms with Crippen molar-refractivity contribution in [1.82, 2.24) is 19.5 Å². The first-order chi connectivity index (χ1) is 17.8. The Morgan fingerprint density at radius 1 is 1.00 bits per heavy atom. The minimum Gasteiger partial charge on any atom is -0.414 e. The lowest BCUT2D eigenvalue weighted by atomic mass is 10.2. The third-order valence-electron chi connectivity index (χ3n) is 7.95. The summed E-state index contributed by atoms with van der Waals surface area (Å²) in [5.41, 5.74) is 1.58. The van der Waals surface area contributed by atoms with E-state index in [4.69, 9.17) is 17.7 Å². The molecule has 0 saturated carbocycles. The predicted octanol–water partition coefficient (Wildman–Crippen LogP) is 5.43. The van der Waals surface area contributed by atoms with Gasteiger partial charge in [0.1, 0.15) is 12.3 Å². The third kappa shape index (κ3) is 5.27. The van der Waals surface area contributed by atoms with Crippen LogP contribution < -0.4 is 10.9 Å². The fourth-order valence-electron chi connectivity index (χ4n) is 5.86. The van der Waals surface area contributed by atoms with E-state index in [2.05, 4.69) is 89.5 Å². The van der Waals surface area contributed by atoms with Crippen LogP contribution in [0.2, 0.25) is 22.2 Å². The van der Waals surface area contributed by atoms with Crippen LogP contribution in [0.3, 0.4) is 0 Å². The van der Waals surface area contributed by atoms with Crippen molar-refractivity contribution in [3.63, 3.8) is 0 Å². The Labute approximate surface area is 228 Å². The summed E-state index contributed by atoms with van der Waals surface area (Å²) < 4.78 is 29.6. The predicted molar refractivity (Wildman–Crippen MR) is 154 cm³/mol. The van der Waals surface area contributed by atoms with Gasteiger partial charge in [0, 0.05) is 13.0 Å². The number of nitrogens with zero attached hydrogens (tertiary/aromatic N) is 3. The molecule has 2 aliphatic heterocycles. The Hall–Kier alpha value is -1.58. The van der Waals surface area contributed by atoms with E-state index in [0.717, 1.165) is 0 Å². The molecule has 0 radical (unpaired) electrons. The van der Waals surface area contributed by atoms with Gasteiger partial charge in [0.25, 0.3) is 5.56 Å². The molecule has 4 heterocycles. The summed E-state index contributed by atoms with van der Waals surface area (Å²) in [4.78, 5) is 24.9. The van der Waals surface area contributed by atoms with Gasteiger partial charge in [-0.25, -0.2) is 4.98 Å². The van der Waals surface area contributed by atoms with Crippen LogP contribution in [0.5, 0.6) is 0 Å². The van der Waals surface area contributed by atoms with Crippen molar-refractivity contribution >= 4 is 34.2 Å². The van der Waals surface area contributed by atoms with Crippen LogP contribution in [0, 0.1) is 5.92 Å². The zero-order valence-corrected chi connectivity index (χ0v) is 26.7. The van der Waals surface area contributed by atoms with Gasteiger partial charge in [-0.1, -0.05) is 69.2 Å². The highest BCUT2D eigenvalue weighted by Crippen LogP contribution is 2.48. The Morgan fingerprint density at radius 2 is 1.63 bits per heavy atom. The largest absolute Gasteiger partial charge is 0.414 e. The highest BCUT2D eigenvalue weighted by molar-refractivity contribution is 6.83. The van der Waals surface area contributed by atoms with Gasteiger partial charge >= 0.3 is 17.1 Å². The lowest BCUT2D eigenvalue weighted by Crippen LogP contribution is -2.65. The molecule has 0 aromatic carbocycles. The summed E-state index contributed by atoms with van der Waals surface area (Å²) in [5, 5.41) is 3.18. The monoisotopic (exact) mass is 565 g/mol. The van der Waals surface area contributed by atoms with Crippen molar-refractivity contribution in [3.05, 3.63) is 16.7 Å². The fourth-order valence-corrected chi connectivity index (χ4v) is 17.1. The van der Waals surface area contributed by atoms with Crippen molar-refractivity contribution in [3.8, 4) is 0 Å². The molecule has 2 saturated heterocycles. The van der Waals surface area contributed by atoms with Crippen LogP contribution in [-0.2, 0) is 17.7 Å². The van der Waals surface area contributed by atoms with Gasteiger partial charge in [0.15, 0.2) is 11.2 Å². The van der Waals surface area contributed by atoms with Crippen molar-refractivity contribution in [2.45, 2.75) is 116 Å². The average molecular weight is 566 g/mol. The van der Waals surface area contributed by atoms with Gasteiger partial charge in [0.2, 0.25) is 5.95 Å². The first kappa shape index (κ1) is 29.4. The van der Waals surface area contributed by atoms with E-state index < -0.39 is 23.3 Å². The number of anilines is 1. The number of aromatic amines is 1. The number of ether oxygens (including phenoxy) is 1. The van der Waals surface area contributed by atoms with Crippen molar-refractivity contribution in [2.24, 2.45) is 5.92 Å². The van der Waals surface area contributed by atoms with Crippen LogP contribution in [-0.4, -0.2) is 62.0 Å². The molecule has 2 fully saturated rings. The summed E-state index contributed by atoms with van der Waals surface area (Å²) in [6.07, 6.45) is 1.38. The molecule has 0 unspecified atom stereocenters. The first-order valence-electron chi connectivity index (χ1n) is 14.2. The SMILES string of the molecule is CC(C)CNc1nc2ncn([C@H]3C[C@@H]4O[Si](C(C)C)(C(C)C)O[Si](C(C)C)(C(C)C)OC[C@H]4O3)c2c(=O)[nH]1. The molecule has 12 heteroatoms. The number of imidazole rings is 1. The molecule has 2 N–H and O–H groups in total. The van der Waals surface area contributed by atoms with E-state index >= 15 is 0 Å². The standard InChI is InChI=1S/C26H47N5O5Si2/c1-15(2)12-27-26-29-24-23(25(32)30-26)31(14-28-24)22-11-20-21(34-22)13-33-37(16(3)4,17(5)6)36-38(35-20,18(7)8)19(9)10/h14-22H,11-13H2,1-10H3,(H2,27,29,30,32)/t20-,21+,22+/m0/s1. The van der Waals surface area contributed by atoms with Crippen LogP contribution in [0.1, 0.15) is 81.9 Å². The first-order valence-corrected chi connectivity index (χ1v) is 18.1. The molecule has 3 atom stereocenters. The maximum Gasteiger partial charge on any atom is 0.335 e. The number of fused-ring (bicyclic) bond motifs is 2. The molecule has 0 bridgehead atoms. The molecule has 4 rings (SSSR count). The second-order valence-corrected chi connectivity index (χ2v) is 21.4. The highest BCUT2D eigenvalue weighted by Gasteiger charge is 2.60. The van der Waals surface area contributed by atoms with Gasteiger partial charge in [0.05, 0.1) is 19.0 Å². The minimum absolute atomic E-state index is 0.195. The van der Waals surface area contributed by atoms with Crippen molar-refractivity contribution in [1.29, 1.82) is 0 Å². The van der Waals surface area contributed by atoms with E-state index in [-0.39, 0.29) is 39.9 Å². The molecular formula is C26H47N5O5Si2. The van der Waals surface area contributed by atoms with E-state index in [0.29, 0.717) is 42.6 Å². The number of hydrogen-bond acceptors (Lipinski definition) is 8. The summed E-state index contributed by atoms with van der Waals surface area (Å²) in [6.45, 7) is 23.0. The summed E-state index contributed by atoms with van der Waals surface area (Å²) in [7, 11) is -5.37. The van der Waals surface area contributed by atoms with E-state index in [1.165, 1.54) is 0 Å². The molecule has 0 amide bonds. The van der Waals surface area contributed by atoms with Crippen molar-refractivity contribution in [2.75, 3.05) is 18.5 Å². The Kier molecular flexibility index (Phi) is 8.61. The lowest BCUT2D eigenvalue weighted by Gasteiger charge is -2.51. The summed E-state index contributed by atoms with van der Waals surface area (Å²) in [5.74, 6) is 0.848. The molecule has 2 aliphatic rings. The van der Waals surface area contributed by atoms with E-state index in [1.807, 2.05) is 0 Å². The Morgan fingerprint density at radius 3 is 2.21 bits per heavy atom. The van der Waals surface area contributed by atoms with Crippen LogP contribution in [0.15, 0.2) is 11.1 Å². The maximum atomic E-state index is 13.1. The lowest BCUT2D eigenvalue weighted by molar-refractivity contribution is -0.0543. The number of aromatic nitrogens is 4. The summed E-state index contributed by atoms with van der Waals surface area (Å²) in [6, 6.07) is 0. The summed E-state index contributed by atoms with van der Waals surface area (Å²) >= 11 is 0. The van der Waals surface area contributed by atoms with Crippen LogP contribution >= 0.6 is 0 Å². The van der Waals surface area contributed by atoms with Gasteiger partial charge in [-0.15, -0.1) is 0 Å². The second kappa shape index (κ2) is 11.1. The zero-order chi connectivity index (χ0) is 28.0. The number of rotatable bonds is 8. The van der Waals surface area contributed by atoms with Gasteiger partial charge < -0.3 is 23.0 Å². The molecule has 38 heavy (non-hydrogen) atoms. The topological polar surface area (TPSA) is 113 Å². The van der Waals surface area contributed by atoms with Crippen LogP contribution in [0.4, 0.5) is 5.95 Å². The smallest absolute Gasteiger partial charge is 0.335 e. The minimum atomic E-state index is -2.73. The molecular weight excluding hydrogens is 518 g/mol. The second-order valence-electron chi connectivity index (χ2n) is 12.5. The van der Waals surface area contributed by atoms with E-state index in [9.17, 15) is 4.79 Å². The number of H-pyrrole nitrogens is 1. The zero-order valence-electron chi connectivity index (χ0n) is 24.7. The van der Waals surface area contributed by atoms with Crippen LogP contribution in [0.25, 0.3) is 11.2 Å². The average Bonchev–Trinajstić information content (AvgIpc) is 3.41. The molecule has 2 aromatic rings. The molecule has 10 nitrogen and oxygen atoms in total. The van der Waals surface area contributed by atoms with E-state index in [1.54, 1.807) is 10.9 Å². The third-order valence-corrected chi connectivity index (χ3v) is 18.2.